The highest BCUT2D eigenvalue weighted by molar-refractivity contribution is 7.90. The summed E-state index contributed by atoms with van der Waals surface area (Å²) in [7, 11) is -1.87. The average molecular weight is 266 g/mol. The van der Waals surface area contributed by atoms with Gasteiger partial charge in [0.15, 0.2) is 0 Å². The molecule has 0 aromatic rings. The number of ether oxygens (including phenoxy) is 1. The van der Waals surface area contributed by atoms with Crippen LogP contribution >= 0.6 is 0 Å². The summed E-state index contributed by atoms with van der Waals surface area (Å²) in [6.07, 6.45) is 1.19. The van der Waals surface area contributed by atoms with Crippen LogP contribution in [0.4, 0.5) is 0 Å². The van der Waals surface area contributed by atoms with Gasteiger partial charge in [-0.1, -0.05) is 0 Å². The van der Waals surface area contributed by atoms with Gasteiger partial charge in [-0.25, -0.2) is 8.42 Å². The number of nitrogens with one attached hydrogen (secondary N) is 1. The highest BCUT2D eigenvalue weighted by atomic mass is 32.2. The lowest BCUT2D eigenvalue weighted by Gasteiger charge is -2.11. The lowest BCUT2D eigenvalue weighted by molar-refractivity contribution is -0.140. The van der Waals surface area contributed by atoms with Crippen molar-refractivity contribution >= 4 is 21.7 Å². The number of sulfone groups is 1. The first-order chi connectivity index (χ1) is 7.76. The van der Waals surface area contributed by atoms with Crippen molar-refractivity contribution in [3.05, 3.63) is 0 Å². The van der Waals surface area contributed by atoms with Gasteiger partial charge >= 0.3 is 5.97 Å². The van der Waals surface area contributed by atoms with E-state index in [0.717, 1.165) is 6.26 Å². The number of amides is 1. The Bertz CT molecular complexity index is 366. The number of hydrogen-bond acceptors (Lipinski definition) is 6. The predicted octanol–water partition coefficient (Wildman–Crippen LogP) is -1.57. The van der Waals surface area contributed by atoms with Gasteiger partial charge in [0.1, 0.15) is 9.84 Å². The summed E-state index contributed by atoms with van der Waals surface area (Å²) in [6.45, 7) is 0.123. The minimum atomic E-state index is -3.12. The van der Waals surface area contributed by atoms with E-state index >= 15 is 0 Å². The molecule has 0 saturated heterocycles. The molecular formula is C9H18N2O5S. The zero-order valence-corrected chi connectivity index (χ0v) is 10.7. The highest BCUT2D eigenvalue weighted by Gasteiger charge is 2.15. The third-order valence-electron chi connectivity index (χ3n) is 1.99. The molecule has 1 atom stereocenters. The van der Waals surface area contributed by atoms with Crippen LogP contribution < -0.4 is 11.1 Å². The maximum absolute atomic E-state index is 11.3. The van der Waals surface area contributed by atoms with Gasteiger partial charge in [-0.2, -0.15) is 0 Å². The third kappa shape index (κ3) is 8.64. The monoisotopic (exact) mass is 266 g/mol. The maximum atomic E-state index is 11.3. The van der Waals surface area contributed by atoms with Crippen LogP contribution in [0, 0.1) is 0 Å². The molecule has 0 saturated carbocycles. The molecule has 3 N–H and O–H groups in total. The number of methoxy groups -OCH3 is 1. The topological polar surface area (TPSA) is 116 Å². The van der Waals surface area contributed by atoms with E-state index in [1.54, 1.807) is 0 Å². The second-order valence-electron chi connectivity index (χ2n) is 3.64. The van der Waals surface area contributed by atoms with Crippen molar-refractivity contribution in [1.82, 2.24) is 5.32 Å². The van der Waals surface area contributed by atoms with E-state index in [2.05, 4.69) is 10.1 Å². The zero-order chi connectivity index (χ0) is 13.5. The molecule has 1 amide bonds. The first-order valence-electron chi connectivity index (χ1n) is 5.04. The highest BCUT2D eigenvalue weighted by Crippen LogP contribution is 1.94. The molecular weight excluding hydrogens is 248 g/mol. The van der Waals surface area contributed by atoms with Crippen molar-refractivity contribution in [2.45, 2.75) is 18.9 Å². The van der Waals surface area contributed by atoms with E-state index in [1.807, 2.05) is 0 Å². The molecule has 8 heteroatoms. The molecule has 0 bridgehead atoms. The van der Waals surface area contributed by atoms with E-state index < -0.39 is 27.8 Å². The van der Waals surface area contributed by atoms with Gasteiger partial charge in [-0.15, -0.1) is 0 Å². The fraction of sp³-hybridized carbons (Fsp3) is 0.778. The van der Waals surface area contributed by atoms with E-state index in [0.29, 0.717) is 0 Å². The summed E-state index contributed by atoms with van der Waals surface area (Å²) >= 11 is 0. The summed E-state index contributed by atoms with van der Waals surface area (Å²) in [6, 6.07) is -0.887. The Hall–Kier alpha value is -1.15. The Kier molecular flexibility index (Phi) is 6.74. The van der Waals surface area contributed by atoms with Crippen LogP contribution in [0.15, 0.2) is 0 Å². The smallest absolute Gasteiger partial charge is 0.307 e. The normalized spacial score (nSPS) is 12.9. The second-order valence-corrected chi connectivity index (χ2v) is 5.90. The van der Waals surface area contributed by atoms with Crippen LogP contribution in [0.25, 0.3) is 0 Å². The standard InChI is InChI=1S/C9H18N2O5S/c1-16-8(12)3-5-11-9(13)7(10)4-6-17(2,14)15/h7H,3-6,10H2,1-2H3,(H,11,13). The maximum Gasteiger partial charge on any atom is 0.307 e. The minimum Gasteiger partial charge on any atom is -0.469 e. The van der Waals surface area contributed by atoms with Crippen molar-refractivity contribution in [3.63, 3.8) is 0 Å². The fourth-order valence-corrected chi connectivity index (χ4v) is 1.68. The van der Waals surface area contributed by atoms with E-state index in [-0.39, 0.29) is 25.1 Å². The molecule has 1 unspecified atom stereocenters. The lowest BCUT2D eigenvalue weighted by Crippen LogP contribution is -2.42. The largest absolute Gasteiger partial charge is 0.469 e. The molecule has 0 heterocycles. The minimum absolute atomic E-state index is 0.0566. The Labute approximate surface area is 101 Å². The quantitative estimate of drug-likeness (QED) is 0.538. The number of nitrogens with two attached hydrogens (primary N) is 1. The molecule has 100 valence electrons. The number of rotatable bonds is 7. The number of carbonyl (C=O) groups is 2. The molecule has 0 rings (SSSR count). The number of esters is 1. The van der Waals surface area contributed by atoms with Crippen LogP contribution in [0.3, 0.4) is 0 Å². The average Bonchev–Trinajstić information content (AvgIpc) is 2.24. The van der Waals surface area contributed by atoms with Gasteiger partial charge in [0.25, 0.3) is 0 Å². The van der Waals surface area contributed by atoms with Crippen molar-refractivity contribution < 1.29 is 22.7 Å². The van der Waals surface area contributed by atoms with Crippen LogP contribution in [-0.2, 0) is 24.2 Å². The molecule has 0 aliphatic heterocycles. The molecule has 0 aromatic heterocycles. The van der Waals surface area contributed by atoms with Gasteiger partial charge < -0.3 is 15.8 Å². The molecule has 0 radical (unpaired) electrons. The van der Waals surface area contributed by atoms with Gasteiger partial charge in [-0.05, 0) is 6.42 Å². The molecule has 0 fully saturated rings. The van der Waals surface area contributed by atoms with Gasteiger partial charge in [0, 0.05) is 12.8 Å². The third-order valence-corrected chi connectivity index (χ3v) is 2.97. The SMILES string of the molecule is COC(=O)CCNC(=O)C(N)CCS(C)(=O)=O. The summed E-state index contributed by atoms with van der Waals surface area (Å²) in [5, 5.41) is 2.42. The van der Waals surface area contributed by atoms with Crippen LogP contribution in [0.2, 0.25) is 0 Å². The fourth-order valence-electron chi connectivity index (χ4n) is 0.993. The van der Waals surface area contributed by atoms with Gasteiger partial charge in [-0.3, -0.25) is 9.59 Å². The number of carbonyl (C=O) groups excluding carboxylic acids is 2. The van der Waals surface area contributed by atoms with Crippen LogP contribution in [0.5, 0.6) is 0 Å². The lowest BCUT2D eigenvalue weighted by atomic mass is 10.2. The van der Waals surface area contributed by atoms with Crippen molar-refractivity contribution in [3.8, 4) is 0 Å². The summed E-state index contributed by atoms with van der Waals surface area (Å²) in [5.41, 5.74) is 5.48. The summed E-state index contributed by atoms with van der Waals surface area (Å²) in [4.78, 5) is 22.1. The molecule has 17 heavy (non-hydrogen) atoms. The van der Waals surface area contributed by atoms with Crippen molar-refractivity contribution in [2.75, 3.05) is 25.7 Å². The first-order valence-corrected chi connectivity index (χ1v) is 7.10. The van der Waals surface area contributed by atoms with E-state index in [4.69, 9.17) is 5.73 Å². The molecule has 0 spiro atoms. The Morgan fingerprint density at radius 1 is 1.41 bits per heavy atom. The Morgan fingerprint density at radius 3 is 2.47 bits per heavy atom. The zero-order valence-electron chi connectivity index (χ0n) is 9.93. The van der Waals surface area contributed by atoms with Gasteiger partial charge in [0.05, 0.1) is 25.3 Å². The summed E-state index contributed by atoms with van der Waals surface area (Å²) < 4.78 is 26.1. The number of hydrogen-bond donors (Lipinski definition) is 2. The van der Waals surface area contributed by atoms with Crippen LogP contribution in [0.1, 0.15) is 12.8 Å². The van der Waals surface area contributed by atoms with E-state index in [9.17, 15) is 18.0 Å². The molecule has 0 aliphatic carbocycles. The molecule has 0 aliphatic rings. The van der Waals surface area contributed by atoms with Crippen LogP contribution in [-0.4, -0.2) is 52.0 Å². The predicted molar refractivity (Wildman–Crippen MR) is 61.9 cm³/mol. The van der Waals surface area contributed by atoms with E-state index in [1.165, 1.54) is 7.11 Å². The van der Waals surface area contributed by atoms with Crippen molar-refractivity contribution in [2.24, 2.45) is 5.73 Å². The Morgan fingerprint density at radius 2 is 2.00 bits per heavy atom. The summed E-state index contributed by atoms with van der Waals surface area (Å²) in [5.74, 6) is -1.05. The second kappa shape index (κ2) is 7.23. The van der Waals surface area contributed by atoms with Crippen molar-refractivity contribution in [1.29, 1.82) is 0 Å². The molecule has 7 nitrogen and oxygen atoms in total. The van der Waals surface area contributed by atoms with Gasteiger partial charge in [0.2, 0.25) is 5.91 Å². The molecule has 0 aromatic carbocycles. The first kappa shape index (κ1) is 15.9. The Balaban J connectivity index is 3.86.